The number of ketones is 1. The molecule has 5 rings (SSSR count). The summed E-state index contributed by atoms with van der Waals surface area (Å²) in [7, 11) is 1.86. The number of Topliss-reactive ketones (excluding diaryl/α,β-unsaturated/α-hetero) is 1. The quantitative estimate of drug-likeness (QED) is 0.624. The van der Waals surface area contributed by atoms with E-state index in [0.717, 1.165) is 52.1 Å². The molecule has 0 saturated heterocycles. The Bertz CT molecular complexity index is 1320. The highest BCUT2D eigenvalue weighted by Crippen LogP contribution is 2.44. The molecule has 1 aliphatic carbocycles. The molecule has 0 bridgehead atoms. The van der Waals surface area contributed by atoms with Crippen LogP contribution in [0.4, 0.5) is 5.69 Å². The van der Waals surface area contributed by atoms with Crippen molar-refractivity contribution in [3.63, 3.8) is 0 Å². The van der Waals surface area contributed by atoms with Crippen LogP contribution in [0.15, 0.2) is 41.5 Å². The Hall–Kier alpha value is -3.76. The molecule has 160 valence electrons. The van der Waals surface area contributed by atoms with Gasteiger partial charge >= 0.3 is 0 Å². The smallest absolute Gasteiger partial charge is 0.237 e. The number of ether oxygens (including phenoxy) is 1. The number of carbonyl (C=O) groups excluding carboxylic acids is 1. The third-order valence-corrected chi connectivity index (χ3v) is 5.97. The van der Waals surface area contributed by atoms with Crippen LogP contribution in [0.25, 0.3) is 27.2 Å². The number of aliphatic imine (C=N–C) groups is 1. The summed E-state index contributed by atoms with van der Waals surface area (Å²) in [4.78, 5) is 20.7. The standard InChI is InChI=1S/C25H23N5O2/c1-14-9-15(10-18-20(11-26)28-13-21(31)23(14)18)19-12-29-30(3)25(19)17-5-4-6-22(24(17)27-2)32-16-7-8-16/h4-6,9-10,12,16H,7-8,11,13,26H2,1,3H3. The highest BCUT2D eigenvalue weighted by atomic mass is 16.5. The minimum absolute atomic E-state index is 0.00729. The summed E-state index contributed by atoms with van der Waals surface area (Å²) in [6, 6.07) is 9.65. The fourth-order valence-corrected chi connectivity index (χ4v) is 4.30. The molecule has 1 saturated carbocycles. The molecule has 0 spiro atoms. The number of nitrogens with zero attached hydrogens (tertiary/aromatic N) is 4. The molecule has 2 heterocycles. The summed E-state index contributed by atoms with van der Waals surface area (Å²) >= 11 is 0. The summed E-state index contributed by atoms with van der Waals surface area (Å²) in [5.74, 6) is 0.616. The van der Waals surface area contributed by atoms with Crippen molar-refractivity contribution < 1.29 is 9.53 Å². The molecule has 1 fully saturated rings. The molecule has 0 amide bonds. The van der Waals surface area contributed by atoms with E-state index in [-0.39, 0.29) is 25.0 Å². The number of fused-ring (bicyclic) bond motifs is 1. The lowest BCUT2D eigenvalue weighted by molar-refractivity contribution is 0.0999. The second-order valence-corrected chi connectivity index (χ2v) is 8.22. The topological polar surface area (TPSA) is 86.9 Å². The lowest BCUT2D eigenvalue weighted by atomic mass is 9.88. The minimum Gasteiger partial charge on any atom is -0.501 e. The van der Waals surface area contributed by atoms with Crippen molar-refractivity contribution in [2.24, 2.45) is 17.8 Å². The molecular formula is C25H23N5O2. The normalized spacial score (nSPS) is 15.2. The fraction of sp³-hybridized carbons (Fsp3) is 0.280. The highest BCUT2D eigenvalue weighted by molar-refractivity contribution is 6.17. The highest BCUT2D eigenvalue weighted by Gasteiger charge is 2.27. The van der Waals surface area contributed by atoms with Gasteiger partial charge < -0.3 is 10.5 Å². The van der Waals surface area contributed by atoms with Crippen molar-refractivity contribution >= 4 is 17.2 Å². The van der Waals surface area contributed by atoms with Crippen LogP contribution in [0.5, 0.6) is 5.75 Å². The monoisotopic (exact) mass is 425 g/mol. The van der Waals surface area contributed by atoms with Crippen LogP contribution in [0.1, 0.15) is 34.3 Å². The lowest BCUT2D eigenvalue weighted by Crippen LogP contribution is -2.25. The molecule has 2 aromatic carbocycles. The third kappa shape index (κ3) is 3.29. The molecule has 3 aromatic rings. The second-order valence-electron chi connectivity index (χ2n) is 8.22. The summed E-state index contributed by atoms with van der Waals surface area (Å²) in [5.41, 5.74) is 12.9. The largest absolute Gasteiger partial charge is 0.501 e. The average Bonchev–Trinajstić information content (AvgIpc) is 3.52. The first-order valence-electron chi connectivity index (χ1n) is 10.6. The van der Waals surface area contributed by atoms with Gasteiger partial charge in [-0.3, -0.25) is 14.5 Å². The number of hydrogen-bond acceptors (Lipinski definition) is 5. The van der Waals surface area contributed by atoms with E-state index in [1.807, 2.05) is 44.3 Å². The van der Waals surface area contributed by atoms with Crippen molar-refractivity contribution in [2.45, 2.75) is 25.9 Å². The predicted octanol–water partition coefficient (Wildman–Crippen LogP) is 4.10. The van der Waals surface area contributed by atoms with Crippen molar-refractivity contribution in [2.75, 3.05) is 13.1 Å². The Labute approximate surface area is 186 Å². The van der Waals surface area contributed by atoms with Crippen LogP contribution in [-0.2, 0) is 7.05 Å². The summed E-state index contributed by atoms with van der Waals surface area (Å²) in [5, 5.41) is 4.49. The maximum atomic E-state index is 12.5. The van der Waals surface area contributed by atoms with E-state index in [9.17, 15) is 4.79 Å². The van der Waals surface area contributed by atoms with Crippen LogP contribution in [0.3, 0.4) is 0 Å². The first kappa shape index (κ1) is 20.2. The first-order chi connectivity index (χ1) is 15.5. The maximum absolute atomic E-state index is 12.5. The Kier molecular flexibility index (Phi) is 4.87. The first-order valence-corrected chi connectivity index (χ1v) is 10.6. The number of rotatable bonds is 5. The van der Waals surface area contributed by atoms with Crippen molar-refractivity contribution in [1.82, 2.24) is 9.78 Å². The molecular weight excluding hydrogens is 402 g/mol. The van der Waals surface area contributed by atoms with Gasteiger partial charge in [-0.25, -0.2) is 4.85 Å². The summed E-state index contributed by atoms with van der Waals surface area (Å²) in [6.07, 6.45) is 4.04. The van der Waals surface area contributed by atoms with Crippen LogP contribution < -0.4 is 10.5 Å². The average molecular weight is 425 g/mol. The van der Waals surface area contributed by atoms with Gasteiger partial charge in [0.15, 0.2) is 5.78 Å². The van der Waals surface area contributed by atoms with Gasteiger partial charge in [-0.2, -0.15) is 5.10 Å². The molecule has 1 aromatic heterocycles. The number of aromatic nitrogens is 2. The number of aryl methyl sites for hydroxylation is 2. The Morgan fingerprint density at radius 3 is 2.78 bits per heavy atom. The summed E-state index contributed by atoms with van der Waals surface area (Å²) in [6.45, 7) is 10.2. The van der Waals surface area contributed by atoms with Crippen molar-refractivity contribution in [1.29, 1.82) is 0 Å². The van der Waals surface area contributed by atoms with Gasteiger partial charge in [-0.15, -0.1) is 0 Å². The number of nitrogens with two attached hydrogens (primary N) is 1. The Morgan fingerprint density at radius 1 is 1.25 bits per heavy atom. The van der Waals surface area contributed by atoms with E-state index in [1.54, 1.807) is 10.9 Å². The fourth-order valence-electron chi connectivity index (χ4n) is 4.30. The van der Waals surface area contributed by atoms with Gasteiger partial charge in [-0.05, 0) is 43.0 Å². The molecule has 0 radical (unpaired) electrons. The van der Waals surface area contributed by atoms with Crippen molar-refractivity contribution in [3.05, 3.63) is 64.6 Å². The van der Waals surface area contributed by atoms with Crippen LogP contribution in [0.2, 0.25) is 0 Å². The maximum Gasteiger partial charge on any atom is 0.237 e. The minimum atomic E-state index is 0.00729. The SMILES string of the molecule is [C-]#[N+]c1c(OC2CC2)cccc1-c1c(-c2cc(C)c3c(c2)C(CN)=NCC3=O)cnn1C. The number of para-hydroxylation sites is 1. The van der Waals surface area contributed by atoms with Gasteiger partial charge in [0.1, 0.15) is 12.3 Å². The van der Waals surface area contributed by atoms with Crippen LogP contribution in [-0.4, -0.2) is 40.5 Å². The van der Waals surface area contributed by atoms with E-state index >= 15 is 0 Å². The van der Waals surface area contributed by atoms with Crippen LogP contribution in [0, 0.1) is 13.5 Å². The number of carbonyl (C=O) groups is 1. The van der Waals surface area contributed by atoms with E-state index < -0.39 is 0 Å². The number of hydrogen-bond donors (Lipinski definition) is 1. The van der Waals surface area contributed by atoms with Crippen molar-refractivity contribution in [3.8, 4) is 28.1 Å². The third-order valence-electron chi connectivity index (χ3n) is 5.97. The lowest BCUT2D eigenvalue weighted by Gasteiger charge is -2.19. The second kappa shape index (κ2) is 7.74. The van der Waals surface area contributed by atoms with E-state index in [1.165, 1.54) is 0 Å². The molecule has 0 unspecified atom stereocenters. The predicted molar refractivity (Wildman–Crippen MR) is 124 cm³/mol. The zero-order valence-electron chi connectivity index (χ0n) is 18.1. The zero-order chi connectivity index (χ0) is 22.4. The van der Waals surface area contributed by atoms with Gasteiger partial charge in [0.25, 0.3) is 0 Å². The van der Waals surface area contributed by atoms with E-state index in [4.69, 9.17) is 17.0 Å². The molecule has 1 aliphatic heterocycles. The summed E-state index contributed by atoms with van der Waals surface area (Å²) < 4.78 is 7.77. The van der Waals surface area contributed by atoms with E-state index in [0.29, 0.717) is 17.0 Å². The Balaban J connectivity index is 1.69. The zero-order valence-corrected chi connectivity index (χ0v) is 18.1. The molecule has 2 aliphatic rings. The van der Waals surface area contributed by atoms with Gasteiger partial charge in [0.05, 0.1) is 30.3 Å². The molecule has 2 N–H and O–H groups in total. The van der Waals surface area contributed by atoms with Gasteiger partial charge in [0.2, 0.25) is 5.69 Å². The molecule has 7 nitrogen and oxygen atoms in total. The van der Waals surface area contributed by atoms with Crippen LogP contribution >= 0.6 is 0 Å². The Morgan fingerprint density at radius 2 is 2.06 bits per heavy atom. The molecule has 32 heavy (non-hydrogen) atoms. The van der Waals surface area contributed by atoms with E-state index in [2.05, 4.69) is 14.9 Å². The number of benzene rings is 2. The molecule has 0 atom stereocenters. The van der Waals surface area contributed by atoms with Gasteiger partial charge in [-0.1, -0.05) is 18.2 Å². The molecule has 7 heteroatoms. The van der Waals surface area contributed by atoms with Gasteiger partial charge in [0, 0.05) is 35.8 Å².